The smallest absolute Gasteiger partial charge is 0.298 e. The molecule has 0 unspecified atom stereocenters. The van der Waals surface area contributed by atoms with Gasteiger partial charge in [-0.2, -0.15) is 4.98 Å². The number of aromatic nitrogens is 2. The number of hydrogen-bond donors (Lipinski definition) is 0. The third-order valence-electron chi connectivity index (χ3n) is 4.39. The second-order valence-electron chi connectivity index (χ2n) is 6.49. The lowest BCUT2D eigenvalue weighted by molar-refractivity contribution is -0.300. The van der Waals surface area contributed by atoms with Gasteiger partial charge in [0.2, 0.25) is 0 Å². The highest BCUT2D eigenvalue weighted by Gasteiger charge is 2.24. The fourth-order valence-electron chi connectivity index (χ4n) is 2.91. The van der Waals surface area contributed by atoms with Gasteiger partial charge in [0.1, 0.15) is 6.61 Å². The van der Waals surface area contributed by atoms with Crippen molar-refractivity contribution in [3.05, 3.63) is 40.5 Å². The summed E-state index contributed by atoms with van der Waals surface area (Å²) in [6, 6.07) is 8.43. The number of nitrogens with zero attached hydrogens (tertiary/aromatic N) is 3. The summed E-state index contributed by atoms with van der Waals surface area (Å²) < 4.78 is 8.08. The zero-order chi connectivity index (χ0) is 18.4. The van der Waals surface area contributed by atoms with Crippen LogP contribution in [0, 0.1) is 0 Å². The minimum absolute atomic E-state index is 0.333. The van der Waals surface area contributed by atoms with Crippen molar-refractivity contribution in [1.29, 1.82) is 0 Å². The van der Waals surface area contributed by atoms with E-state index in [1.807, 2.05) is 36.2 Å². The molecule has 1 aromatic carbocycles. The van der Waals surface area contributed by atoms with Crippen LogP contribution in [0.25, 0.3) is 0 Å². The van der Waals surface area contributed by atoms with Crippen molar-refractivity contribution in [3.63, 3.8) is 0 Å². The highest BCUT2D eigenvalue weighted by Crippen LogP contribution is 2.29. The van der Waals surface area contributed by atoms with E-state index >= 15 is 0 Å². The molecule has 6 nitrogen and oxygen atoms in total. The van der Waals surface area contributed by atoms with Crippen LogP contribution in [-0.4, -0.2) is 29.9 Å². The number of imidazole rings is 1. The van der Waals surface area contributed by atoms with Gasteiger partial charge in [-0.15, -0.1) is 0 Å². The Bertz CT molecular complexity index is 703. The maximum atomic E-state index is 6.02. The first-order valence-electron chi connectivity index (χ1n) is 9.11. The molecule has 0 amide bonds. The van der Waals surface area contributed by atoms with Gasteiger partial charge in [-0.05, 0) is 24.1 Å². The summed E-state index contributed by atoms with van der Waals surface area (Å²) in [6.07, 6.45) is 4.64. The van der Waals surface area contributed by atoms with Gasteiger partial charge in [0.15, 0.2) is 12.5 Å². The quantitative estimate of drug-likeness (QED) is 0.502. The SMILES string of the molecule is CCCCCCOc1nc2c(n1Cc1ccc(Cl)cc1)COOCN2C. The Balaban J connectivity index is 1.82. The molecule has 3 rings (SSSR count). The molecule has 142 valence electrons. The Morgan fingerprint density at radius 2 is 1.96 bits per heavy atom. The standard InChI is InChI=1S/C19H26ClN3O3/c1-3-4-5-6-11-24-19-21-18-17(13-25-26-14-22(18)2)23(19)12-15-7-9-16(20)10-8-15/h7-10H,3-6,11-14H2,1-2H3. The zero-order valence-corrected chi connectivity index (χ0v) is 16.2. The summed E-state index contributed by atoms with van der Waals surface area (Å²) in [7, 11) is 1.93. The lowest BCUT2D eigenvalue weighted by Crippen LogP contribution is -2.19. The van der Waals surface area contributed by atoms with Gasteiger partial charge in [-0.1, -0.05) is 49.9 Å². The van der Waals surface area contributed by atoms with Gasteiger partial charge in [-0.3, -0.25) is 4.57 Å². The van der Waals surface area contributed by atoms with E-state index in [-0.39, 0.29) is 0 Å². The van der Waals surface area contributed by atoms with Crippen LogP contribution in [0.1, 0.15) is 43.9 Å². The summed E-state index contributed by atoms with van der Waals surface area (Å²) in [4.78, 5) is 17.1. The third-order valence-corrected chi connectivity index (χ3v) is 4.64. The van der Waals surface area contributed by atoms with Gasteiger partial charge >= 0.3 is 0 Å². The molecule has 26 heavy (non-hydrogen) atoms. The van der Waals surface area contributed by atoms with E-state index in [2.05, 4.69) is 11.5 Å². The Hall–Kier alpha value is -1.76. The fraction of sp³-hybridized carbons (Fsp3) is 0.526. The van der Waals surface area contributed by atoms with Crippen LogP contribution >= 0.6 is 11.6 Å². The molecule has 0 atom stereocenters. The van der Waals surface area contributed by atoms with Gasteiger partial charge in [0, 0.05) is 12.1 Å². The lowest BCUT2D eigenvalue weighted by Gasteiger charge is -2.12. The first-order valence-corrected chi connectivity index (χ1v) is 9.49. The monoisotopic (exact) mass is 379 g/mol. The minimum Gasteiger partial charge on any atom is -0.465 e. The normalized spacial score (nSPS) is 14.2. The average Bonchev–Trinajstić information content (AvgIpc) is 2.87. The molecule has 2 heterocycles. The highest BCUT2D eigenvalue weighted by molar-refractivity contribution is 6.30. The molecule has 1 aliphatic rings. The van der Waals surface area contributed by atoms with Crippen molar-refractivity contribution >= 4 is 17.4 Å². The van der Waals surface area contributed by atoms with Crippen LogP contribution in [0.4, 0.5) is 5.82 Å². The minimum atomic E-state index is 0.333. The van der Waals surface area contributed by atoms with Crippen molar-refractivity contribution in [2.45, 2.75) is 45.8 Å². The fourth-order valence-corrected chi connectivity index (χ4v) is 3.04. The molecule has 1 aromatic heterocycles. The second kappa shape index (κ2) is 9.26. The van der Waals surface area contributed by atoms with Crippen LogP contribution in [0.2, 0.25) is 5.02 Å². The number of fused-ring (bicyclic) bond motifs is 1. The lowest BCUT2D eigenvalue weighted by atomic mass is 10.2. The van der Waals surface area contributed by atoms with Gasteiger partial charge in [0.05, 0.1) is 18.8 Å². The topological polar surface area (TPSA) is 48.8 Å². The van der Waals surface area contributed by atoms with Crippen molar-refractivity contribution in [1.82, 2.24) is 9.55 Å². The number of ether oxygens (including phenoxy) is 1. The Morgan fingerprint density at radius 1 is 1.15 bits per heavy atom. The predicted molar refractivity (Wildman–Crippen MR) is 102 cm³/mol. The molecule has 0 fully saturated rings. The summed E-state index contributed by atoms with van der Waals surface area (Å²) in [6.45, 7) is 4.17. The van der Waals surface area contributed by atoms with E-state index in [4.69, 9.17) is 31.1 Å². The molecular weight excluding hydrogens is 354 g/mol. The number of anilines is 1. The molecule has 0 bridgehead atoms. The van der Waals surface area contributed by atoms with Crippen molar-refractivity contribution in [3.8, 4) is 6.01 Å². The van der Waals surface area contributed by atoms with E-state index < -0.39 is 0 Å². The van der Waals surface area contributed by atoms with Crippen molar-refractivity contribution in [2.24, 2.45) is 0 Å². The second-order valence-corrected chi connectivity index (χ2v) is 6.93. The molecule has 0 saturated carbocycles. The molecule has 7 heteroatoms. The van der Waals surface area contributed by atoms with Crippen molar-refractivity contribution < 1.29 is 14.5 Å². The average molecular weight is 380 g/mol. The maximum Gasteiger partial charge on any atom is 0.298 e. The number of unbranched alkanes of at least 4 members (excludes halogenated alkanes) is 3. The van der Waals surface area contributed by atoms with Crippen LogP contribution in [-0.2, 0) is 22.9 Å². The summed E-state index contributed by atoms with van der Waals surface area (Å²) >= 11 is 6.00. The Morgan fingerprint density at radius 3 is 2.73 bits per heavy atom. The van der Waals surface area contributed by atoms with E-state index in [1.54, 1.807) is 0 Å². The molecule has 1 aliphatic heterocycles. The number of rotatable bonds is 8. The molecule has 2 aromatic rings. The number of benzene rings is 1. The summed E-state index contributed by atoms with van der Waals surface area (Å²) in [5.74, 6) is 0.833. The van der Waals surface area contributed by atoms with Crippen LogP contribution < -0.4 is 9.64 Å². The highest BCUT2D eigenvalue weighted by atomic mass is 35.5. The number of halogens is 1. The predicted octanol–water partition coefficient (Wildman–Crippen LogP) is 4.40. The van der Waals surface area contributed by atoms with Gasteiger partial charge < -0.3 is 9.64 Å². The zero-order valence-electron chi connectivity index (χ0n) is 15.4. The summed E-state index contributed by atoms with van der Waals surface area (Å²) in [5, 5.41) is 0.724. The van der Waals surface area contributed by atoms with E-state index in [1.165, 1.54) is 19.3 Å². The third kappa shape index (κ3) is 4.69. The van der Waals surface area contributed by atoms with Crippen LogP contribution in [0.5, 0.6) is 6.01 Å². The van der Waals surface area contributed by atoms with Gasteiger partial charge in [0.25, 0.3) is 6.01 Å². The largest absolute Gasteiger partial charge is 0.465 e. The van der Waals surface area contributed by atoms with Gasteiger partial charge in [-0.25, -0.2) is 9.78 Å². The van der Waals surface area contributed by atoms with Crippen LogP contribution in [0.15, 0.2) is 24.3 Å². The van der Waals surface area contributed by atoms with E-state index in [0.717, 1.165) is 28.5 Å². The van der Waals surface area contributed by atoms with E-state index in [0.29, 0.717) is 32.5 Å². The molecule has 0 radical (unpaired) electrons. The first-order chi connectivity index (χ1) is 12.7. The molecular formula is C19H26ClN3O3. The Kier molecular flexibility index (Phi) is 6.77. The molecule has 0 N–H and O–H groups in total. The molecule has 0 aliphatic carbocycles. The van der Waals surface area contributed by atoms with Crippen molar-refractivity contribution in [2.75, 3.05) is 25.3 Å². The number of hydrogen-bond acceptors (Lipinski definition) is 5. The van der Waals surface area contributed by atoms with Crippen LogP contribution in [0.3, 0.4) is 0 Å². The first kappa shape index (κ1) is 19.0. The molecule has 0 spiro atoms. The summed E-state index contributed by atoms with van der Waals surface area (Å²) in [5.41, 5.74) is 2.07. The Labute approximate surface area is 159 Å². The van der Waals surface area contributed by atoms with E-state index in [9.17, 15) is 0 Å². The maximum absolute atomic E-state index is 6.02. The molecule has 0 saturated heterocycles.